The van der Waals surface area contributed by atoms with Gasteiger partial charge in [-0.1, -0.05) is 0 Å². The molecular weight excluding hydrogens is 178 g/mol. The number of aromatic nitrogens is 2. The van der Waals surface area contributed by atoms with Crippen LogP contribution in [0.15, 0.2) is 0 Å². The molecule has 0 aliphatic rings. The Morgan fingerprint density at radius 3 is 2.36 bits per heavy atom. The SMILES string of the molecule is Cc1n[nH]c(C)c1C(=O)N(C)C(C)C. The van der Waals surface area contributed by atoms with Gasteiger partial charge in [0.1, 0.15) is 0 Å². The molecule has 4 heteroatoms. The Balaban J connectivity index is 3.00. The van der Waals surface area contributed by atoms with E-state index in [1.165, 1.54) is 0 Å². The normalized spacial score (nSPS) is 10.7. The molecule has 0 saturated heterocycles. The lowest BCUT2D eigenvalue weighted by molar-refractivity contribution is 0.0753. The maximum atomic E-state index is 12.0. The van der Waals surface area contributed by atoms with E-state index in [0.717, 1.165) is 11.4 Å². The van der Waals surface area contributed by atoms with E-state index >= 15 is 0 Å². The summed E-state index contributed by atoms with van der Waals surface area (Å²) in [6.07, 6.45) is 0. The number of carbonyl (C=O) groups is 1. The molecule has 0 aromatic carbocycles. The van der Waals surface area contributed by atoms with Crippen molar-refractivity contribution in [3.63, 3.8) is 0 Å². The minimum Gasteiger partial charge on any atom is -0.339 e. The number of hydrogen-bond acceptors (Lipinski definition) is 2. The van der Waals surface area contributed by atoms with Crippen LogP contribution >= 0.6 is 0 Å². The van der Waals surface area contributed by atoms with Crippen LogP contribution in [0.3, 0.4) is 0 Å². The molecule has 0 radical (unpaired) electrons. The molecule has 0 fully saturated rings. The second kappa shape index (κ2) is 3.82. The van der Waals surface area contributed by atoms with Crippen molar-refractivity contribution in [2.45, 2.75) is 33.7 Å². The van der Waals surface area contributed by atoms with Crippen LogP contribution in [0.25, 0.3) is 0 Å². The van der Waals surface area contributed by atoms with Gasteiger partial charge in [-0.25, -0.2) is 0 Å². The van der Waals surface area contributed by atoms with Gasteiger partial charge in [0.05, 0.1) is 11.3 Å². The lowest BCUT2D eigenvalue weighted by Crippen LogP contribution is -2.33. The molecular formula is C10H17N3O. The quantitative estimate of drug-likeness (QED) is 0.777. The average Bonchev–Trinajstić information content (AvgIpc) is 2.44. The number of rotatable bonds is 2. The third-order valence-corrected chi connectivity index (χ3v) is 2.44. The first-order chi connectivity index (χ1) is 6.45. The molecule has 0 saturated carbocycles. The molecule has 0 unspecified atom stereocenters. The molecule has 1 amide bonds. The minimum atomic E-state index is 0.0313. The number of hydrogen-bond donors (Lipinski definition) is 1. The van der Waals surface area contributed by atoms with Gasteiger partial charge in [-0.2, -0.15) is 5.10 Å². The third kappa shape index (κ3) is 1.78. The van der Waals surface area contributed by atoms with E-state index in [-0.39, 0.29) is 11.9 Å². The van der Waals surface area contributed by atoms with Gasteiger partial charge in [0.2, 0.25) is 0 Å². The molecule has 78 valence electrons. The van der Waals surface area contributed by atoms with Crippen LogP contribution in [0.2, 0.25) is 0 Å². The predicted molar refractivity (Wildman–Crippen MR) is 55.3 cm³/mol. The van der Waals surface area contributed by atoms with Crippen LogP contribution in [-0.4, -0.2) is 34.1 Å². The monoisotopic (exact) mass is 195 g/mol. The van der Waals surface area contributed by atoms with E-state index in [1.54, 1.807) is 11.9 Å². The molecule has 0 atom stereocenters. The Morgan fingerprint density at radius 2 is 2.00 bits per heavy atom. The first-order valence-corrected chi connectivity index (χ1v) is 4.74. The van der Waals surface area contributed by atoms with Crippen molar-refractivity contribution in [1.82, 2.24) is 15.1 Å². The van der Waals surface area contributed by atoms with Crippen LogP contribution in [0, 0.1) is 13.8 Å². The number of aryl methyl sites for hydroxylation is 2. The fourth-order valence-electron chi connectivity index (χ4n) is 1.28. The Bertz CT molecular complexity index is 322. The Morgan fingerprint density at radius 1 is 1.43 bits per heavy atom. The summed E-state index contributed by atoms with van der Waals surface area (Å²) in [7, 11) is 1.80. The molecule has 1 aromatic rings. The molecule has 0 bridgehead atoms. The van der Waals surface area contributed by atoms with E-state index < -0.39 is 0 Å². The van der Waals surface area contributed by atoms with Gasteiger partial charge < -0.3 is 4.90 Å². The van der Waals surface area contributed by atoms with Gasteiger partial charge in [-0.15, -0.1) is 0 Å². The predicted octanol–water partition coefficient (Wildman–Crippen LogP) is 1.51. The number of carbonyl (C=O) groups excluding carboxylic acids is 1. The zero-order valence-corrected chi connectivity index (χ0v) is 9.38. The van der Waals surface area contributed by atoms with Gasteiger partial charge in [0, 0.05) is 18.8 Å². The molecule has 0 spiro atoms. The van der Waals surface area contributed by atoms with Crippen molar-refractivity contribution >= 4 is 5.91 Å². The van der Waals surface area contributed by atoms with Crippen LogP contribution in [0.5, 0.6) is 0 Å². The largest absolute Gasteiger partial charge is 0.339 e. The van der Waals surface area contributed by atoms with Crippen molar-refractivity contribution in [2.75, 3.05) is 7.05 Å². The minimum absolute atomic E-state index is 0.0313. The van der Waals surface area contributed by atoms with Gasteiger partial charge >= 0.3 is 0 Å². The summed E-state index contributed by atoms with van der Waals surface area (Å²) in [6.45, 7) is 7.68. The number of nitrogens with zero attached hydrogens (tertiary/aromatic N) is 2. The topological polar surface area (TPSA) is 49.0 Å². The molecule has 0 aliphatic carbocycles. The summed E-state index contributed by atoms with van der Waals surface area (Å²) in [5.41, 5.74) is 2.29. The van der Waals surface area contributed by atoms with Crippen molar-refractivity contribution in [3.8, 4) is 0 Å². The highest BCUT2D eigenvalue weighted by Crippen LogP contribution is 2.13. The summed E-state index contributed by atoms with van der Waals surface area (Å²) < 4.78 is 0. The fraction of sp³-hybridized carbons (Fsp3) is 0.600. The molecule has 1 heterocycles. The standard InChI is InChI=1S/C10H17N3O/c1-6(2)13(5)10(14)9-7(3)11-12-8(9)4/h6H,1-5H3,(H,11,12). The molecule has 4 nitrogen and oxygen atoms in total. The number of amides is 1. The molecule has 1 N–H and O–H groups in total. The molecule has 14 heavy (non-hydrogen) atoms. The summed E-state index contributed by atoms with van der Waals surface area (Å²) >= 11 is 0. The molecule has 1 rings (SSSR count). The molecule has 0 aliphatic heterocycles. The van der Waals surface area contributed by atoms with Crippen LogP contribution in [-0.2, 0) is 0 Å². The van der Waals surface area contributed by atoms with Crippen LogP contribution < -0.4 is 0 Å². The molecule has 1 aromatic heterocycles. The highest BCUT2D eigenvalue weighted by Gasteiger charge is 2.20. The van der Waals surface area contributed by atoms with Crippen molar-refractivity contribution in [3.05, 3.63) is 17.0 Å². The zero-order valence-electron chi connectivity index (χ0n) is 9.38. The van der Waals surface area contributed by atoms with Crippen LogP contribution in [0.1, 0.15) is 35.6 Å². The van der Waals surface area contributed by atoms with E-state index in [0.29, 0.717) is 5.56 Å². The first kappa shape index (κ1) is 10.8. The summed E-state index contributed by atoms with van der Waals surface area (Å²) in [5.74, 6) is 0.0313. The average molecular weight is 195 g/mol. The van der Waals surface area contributed by atoms with E-state index in [2.05, 4.69) is 10.2 Å². The van der Waals surface area contributed by atoms with Crippen molar-refractivity contribution < 1.29 is 4.79 Å². The van der Waals surface area contributed by atoms with Crippen molar-refractivity contribution in [1.29, 1.82) is 0 Å². The second-order valence-corrected chi connectivity index (χ2v) is 3.82. The first-order valence-electron chi connectivity index (χ1n) is 4.74. The Hall–Kier alpha value is -1.32. The zero-order chi connectivity index (χ0) is 10.9. The third-order valence-electron chi connectivity index (χ3n) is 2.44. The summed E-state index contributed by atoms with van der Waals surface area (Å²) in [4.78, 5) is 13.7. The fourth-order valence-corrected chi connectivity index (χ4v) is 1.28. The summed E-state index contributed by atoms with van der Waals surface area (Å²) in [6, 6.07) is 0.205. The van der Waals surface area contributed by atoms with Crippen LogP contribution in [0.4, 0.5) is 0 Å². The van der Waals surface area contributed by atoms with Gasteiger partial charge in [0.25, 0.3) is 5.91 Å². The van der Waals surface area contributed by atoms with E-state index in [1.807, 2.05) is 27.7 Å². The maximum absolute atomic E-state index is 12.0. The van der Waals surface area contributed by atoms with Crippen molar-refractivity contribution in [2.24, 2.45) is 0 Å². The highest BCUT2D eigenvalue weighted by molar-refractivity contribution is 5.96. The number of H-pyrrole nitrogens is 1. The van der Waals surface area contributed by atoms with Gasteiger partial charge in [-0.3, -0.25) is 9.89 Å². The lowest BCUT2D eigenvalue weighted by Gasteiger charge is -2.21. The van der Waals surface area contributed by atoms with E-state index in [9.17, 15) is 4.79 Å². The van der Waals surface area contributed by atoms with Gasteiger partial charge in [0.15, 0.2) is 0 Å². The Labute approximate surface area is 84.3 Å². The maximum Gasteiger partial charge on any atom is 0.257 e. The second-order valence-electron chi connectivity index (χ2n) is 3.82. The van der Waals surface area contributed by atoms with Gasteiger partial charge in [-0.05, 0) is 27.7 Å². The smallest absolute Gasteiger partial charge is 0.257 e. The summed E-state index contributed by atoms with van der Waals surface area (Å²) in [5, 5.41) is 6.82. The Kier molecular flexibility index (Phi) is 2.93. The highest BCUT2D eigenvalue weighted by atomic mass is 16.2. The van der Waals surface area contributed by atoms with E-state index in [4.69, 9.17) is 0 Å². The lowest BCUT2D eigenvalue weighted by atomic mass is 10.1. The number of aromatic amines is 1. The number of nitrogens with one attached hydrogen (secondary N) is 1.